The lowest BCUT2D eigenvalue weighted by atomic mass is 10.1. The molecule has 0 radical (unpaired) electrons. The van der Waals surface area contributed by atoms with Crippen molar-refractivity contribution in [3.05, 3.63) is 54.1 Å². The Labute approximate surface area is 161 Å². The van der Waals surface area contributed by atoms with Crippen LogP contribution >= 0.6 is 11.8 Å². The molecule has 1 aromatic carbocycles. The Hall–Kier alpha value is -2.81. The van der Waals surface area contributed by atoms with Crippen LogP contribution in [0.1, 0.15) is 23.4 Å². The smallest absolute Gasteiger partial charge is 0.317 e. The second kappa shape index (κ2) is 7.43. The number of carbonyl (C=O) groups excluding carboxylic acids is 1. The Morgan fingerprint density at radius 2 is 2.19 bits per heavy atom. The zero-order valence-electron chi connectivity index (χ0n) is 15.2. The van der Waals surface area contributed by atoms with Crippen molar-refractivity contribution in [1.82, 2.24) is 29.4 Å². The van der Waals surface area contributed by atoms with E-state index >= 15 is 0 Å². The van der Waals surface area contributed by atoms with Crippen LogP contribution in [0.4, 0.5) is 10.5 Å². The summed E-state index contributed by atoms with van der Waals surface area (Å²) in [7, 11) is 1.93. The largest absolute Gasteiger partial charge is 0.322 e. The molecular formula is C18H21N7OS. The first-order valence-electron chi connectivity index (χ1n) is 8.77. The van der Waals surface area contributed by atoms with E-state index in [1.807, 2.05) is 40.6 Å². The molecule has 0 bridgehead atoms. The van der Waals surface area contributed by atoms with Crippen molar-refractivity contribution >= 4 is 23.5 Å². The fraction of sp³-hybridized carbons (Fsp3) is 0.333. The number of aryl methyl sites for hydroxylation is 1. The number of nitrogens with one attached hydrogen (secondary N) is 1. The lowest BCUT2D eigenvalue weighted by Gasteiger charge is -2.28. The zero-order chi connectivity index (χ0) is 18.8. The summed E-state index contributed by atoms with van der Waals surface area (Å²) < 4.78 is 3.84. The number of thioether (sulfide) groups is 1. The molecular weight excluding hydrogens is 362 g/mol. The molecule has 2 aromatic heterocycles. The number of hydrogen-bond donors (Lipinski definition) is 1. The molecule has 9 heteroatoms. The van der Waals surface area contributed by atoms with Crippen molar-refractivity contribution in [3.63, 3.8) is 0 Å². The van der Waals surface area contributed by atoms with E-state index in [1.54, 1.807) is 29.2 Å². The molecule has 1 aliphatic rings. The number of anilines is 1. The van der Waals surface area contributed by atoms with Gasteiger partial charge in [-0.05, 0) is 30.7 Å². The fourth-order valence-corrected chi connectivity index (χ4v) is 3.94. The monoisotopic (exact) mass is 383 g/mol. The molecule has 0 aliphatic carbocycles. The molecule has 0 saturated heterocycles. The summed E-state index contributed by atoms with van der Waals surface area (Å²) in [6.07, 6.45) is 3.46. The van der Waals surface area contributed by atoms with Crippen molar-refractivity contribution < 1.29 is 4.79 Å². The molecule has 0 saturated carbocycles. The summed E-state index contributed by atoms with van der Waals surface area (Å²) in [6.45, 7) is 4.07. The highest BCUT2D eigenvalue weighted by atomic mass is 32.2. The first-order valence-corrected chi connectivity index (χ1v) is 9.65. The number of benzene rings is 1. The van der Waals surface area contributed by atoms with E-state index in [4.69, 9.17) is 0 Å². The number of aromatic nitrogens is 5. The summed E-state index contributed by atoms with van der Waals surface area (Å²) in [5.74, 6) is 0. The van der Waals surface area contributed by atoms with Gasteiger partial charge in [-0.3, -0.25) is 4.68 Å². The maximum Gasteiger partial charge on any atom is 0.322 e. The van der Waals surface area contributed by atoms with Gasteiger partial charge in [0.1, 0.15) is 6.33 Å². The highest BCUT2D eigenvalue weighted by molar-refractivity contribution is 7.99. The van der Waals surface area contributed by atoms with Crippen LogP contribution in [0, 0.1) is 0 Å². The minimum absolute atomic E-state index is 0.0896. The van der Waals surface area contributed by atoms with E-state index in [9.17, 15) is 4.79 Å². The second-order valence-electron chi connectivity index (χ2n) is 6.51. The maximum atomic E-state index is 12.6. The summed E-state index contributed by atoms with van der Waals surface area (Å²) >= 11 is 1.64. The minimum atomic E-state index is -0.0896. The van der Waals surface area contributed by atoms with Crippen molar-refractivity contribution in [3.8, 4) is 0 Å². The predicted octanol–water partition coefficient (Wildman–Crippen LogP) is 2.91. The van der Waals surface area contributed by atoms with E-state index in [0.717, 1.165) is 28.6 Å². The van der Waals surface area contributed by atoms with Crippen molar-refractivity contribution in [2.24, 2.45) is 7.05 Å². The molecule has 1 N–H and O–H groups in total. The number of amides is 2. The molecule has 0 spiro atoms. The fourth-order valence-electron chi connectivity index (χ4n) is 3.04. The van der Waals surface area contributed by atoms with Crippen LogP contribution in [0.5, 0.6) is 0 Å². The predicted molar refractivity (Wildman–Crippen MR) is 103 cm³/mol. The number of carbonyl (C=O) groups is 1. The summed E-state index contributed by atoms with van der Waals surface area (Å²) in [4.78, 5) is 14.4. The van der Waals surface area contributed by atoms with Gasteiger partial charge >= 0.3 is 6.03 Å². The van der Waals surface area contributed by atoms with Crippen LogP contribution < -0.4 is 5.32 Å². The molecule has 27 heavy (non-hydrogen) atoms. The summed E-state index contributed by atoms with van der Waals surface area (Å²) in [5, 5.41) is 16.3. The van der Waals surface area contributed by atoms with Crippen molar-refractivity contribution in [2.45, 2.75) is 30.4 Å². The SMILES string of the molecule is C[C@H](Sc1nncn1C)c1cccc(NC(=O)N2CCn3nccc3C2)c1. The second-order valence-corrected chi connectivity index (χ2v) is 7.82. The number of nitrogens with zero attached hydrogens (tertiary/aromatic N) is 6. The Balaban J connectivity index is 1.42. The van der Waals surface area contributed by atoms with Gasteiger partial charge in [-0.1, -0.05) is 23.9 Å². The molecule has 1 aliphatic heterocycles. The van der Waals surface area contributed by atoms with Gasteiger partial charge in [0.15, 0.2) is 5.16 Å². The van der Waals surface area contributed by atoms with Gasteiger partial charge in [0.05, 0.1) is 18.8 Å². The van der Waals surface area contributed by atoms with E-state index in [1.165, 1.54) is 0 Å². The molecule has 8 nitrogen and oxygen atoms in total. The maximum absolute atomic E-state index is 12.6. The summed E-state index contributed by atoms with van der Waals surface area (Å²) in [6, 6.07) is 9.81. The zero-order valence-corrected chi connectivity index (χ0v) is 16.1. The van der Waals surface area contributed by atoms with E-state index in [2.05, 4.69) is 33.6 Å². The molecule has 2 amide bonds. The highest BCUT2D eigenvalue weighted by Crippen LogP contribution is 2.34. The number of rotatable bonds is 4. The Bertz CT molecular complexity index is 951. The quantitative estimate of drug-likeness (QED) is 0.701. The minimum Gasteiger partial charge on any atom is -0.317 e. The van der Waals surface area contributed by atoms with Crippen molar-refractivity contribution in [2.75, 3.05) is 11.9 Å². The third kappa shape index (κ3) is 3.82. The Kier molecular flexibility index (Phi) is 4.85. The molecule has 4 rings (SSSR count). The van der Waals surface area contributed by atoms with Crippen LogP contribution in [0.15, 0.2) is 48.0 Å². The summed E-state index contributed by atoms with van der Waals surface area (Å²) in [5.41, 5.74) is 2.97. The van der Waals surface area contributed by atoms with Crippen molar-refractivity contribution in [1.29, 1.82) is 0 Å². The average Bonchev–Trinajstić information content (AvgIpc) is 3.30. The molecule has 0 fully saturated rings. The number of urea groups is 1. The van der Waals surface area contributed by atoms with E-state index in [0.29, 0.717) is 13.1 Å². The third-order valence-corrected chi connectivity index (χ3v) is 5.79. The lowest BCUT2D eigenvalue weighted by molar-refractivity contribution is 0.194. The van der Waals surface area contributed by atoms with Crippen LogP contribution in [-0.4, -0.2) is 42.0 Å². The first-order chi connectivity index (χ1) is 13.1. The highest BCUT2D eigenvalue weighted by Gasteiger charge is 2.21. The van der Waals surface area contributed by atoms with Gasteiger partial charge in [0.2, 0.25) is 0 Å². The van der Waals surface area contributed by atoms with Gasteiger partial charge in [-0.2, -0.15) is 5.10 Å². The standard InChI is InChI=1S/C18H21N7OS/c1-13(27-18-22-19-12-23(18)2)14-4-3-5-15(10-14)21-17(26)24-8-9-25-16(11-24)6-7-20-25/h3-7,10,12-13H,8-9,11H2,1-2H3,(H,21,26)/t13-/m0/s1. The molecule has 3 heterocycles. The number of fused-ring (bicyclic) bond motifs is 1. The first kappa shape index (κ1) is 17.6. The third-order valence-electron chi connectivity index (χ3n) is 4.59. The van der Waals surface area contributed by atoms with Gasteiger partial charge in [0.25, 0.3) is 0 Å². The Morgan fingerprint density at radius 1 is 1.30 bits per heavy atom. The molecule has 3 aromatic rings. The van der Waals surface area contributed by atoms with Gasteiger partial charge in [0, 0.05) is 30.7 Å². The van der Waals surface area contributed by atoms with Gasteiger partial charge in [-0.25, -0.2) is 4.79 Å². The van der Waals surface area contributed by atoms with E-state index < -0.39 is 0 Å². The van der Waals surface area contributed by atoms with Crippen LogP contribution in [-0.2, 0) is 20.1 Å². The number of hydrogen-bond acceptors (Lipinski definition) is 5. The Morgan fingerprint density at radius 3 is 3.00 bits per heavy atom. The molecule has 1 atom stereocenters. The normalized spacial score (nSPS) is 14.7. The molecule has 140 valence electrons. The topological polar surface area (TPSA) is 80.9 Å². The van der Waals surface area contributed by atoms with Gasteiger partial charge in [-0.15, -0.1) is 10.2 Å². The van der Waals surface area contributed by atoms with Gasteiger partial charge < -0.3 is 14.8 Å². The van der Waals surface area contributed by atoms with Crippen LogP contribution in [0.25, 0.3) is 0 Å². The van der Waals surface area contributed by atoms with Crippen LogP contribution in [0.3, 0.4) is 0 Å². The van der Waals surface area contributed by atoms with E-state index in [-0.39, 0.29) is 11.3 Å². The lowest BCUT2D eigenvalue weighted by Crippen LogP contribution is -2.40. The average molecular weight is 383 g/mol. The van der Waals surface area contributed by atoms with Crippen LogP contribution in [0.2, 0.25) is 0 Å². The molecule has 0 unspecified atom stereocenters.